The van der Waals surface area contributed by atoms with Crippen LogP contribution in [0.4, 0.5) is 0 Å². The number of thiocarbonyl (C=S) groups is 1. The maximum absolute atomic E-state index is 12.2. The maximum Gasteiger partial charge on any atom is 0.230 e. The number of carbonyl (C=O) groups excluding carboxylic acids is 1. The van der Waals surface area contributed by atoms with Gasteiger partial charge in [0, 0.05) is 6.54 Å². The van der Waals surface area contributed by atoms with Crippen LogP contribution in [-0.4, -0.2) is 29.4 Å². The largest absolute Gasteiger partial charge is 0.393 e. The minimum absolute atomic E-state index is 0.0591. The summed E-state index contributed by atoms with van der Waals surface area (Å²) in [7, 11) is 0. The lowest BCUT2D eigenvalue weighted by Crippen LogP contribution is -2.39. The maximum atomic E-state index is 12.2. The second-order valence-corrected chi connectivity index (χ2v) is 6.45. The fourth-order valence-electron chi connectivity index (χ4n) is 2.06. The van der Waals surface area contributed by atoms with Gasteiger partial charge in [-0.05, 0) is 36.8 Å². The van der Waals surface area contributed by atoms with Gasteiger partial charge < -0.3 is 11.1 Å². The fourth-order valence-corrected chi connectivity index (χ4v) is 2.74. The smallest absolute Gasteiger partial charge is 0.230 e. The number of hydrogen-bond donors (Lipinski definition) is 2. The average molecular weight is 325 g/mol. The van der Waals surface area contributed by atoms with Crippen LogP contribution in [-0.2, 0) is 11.2 Å². The van der Waals surface area contributed by atoms with Crippen molar-refractivity contribution in [2.75, 3.05) is 18.6 Å². The second-order valence-electron chi connectivity index (χ2n) is 4.99. The molecule has 0 saturated heterocycles. The molecular weight excluding hydrogens is 300 g/mol. The minimum Gasteiger partial charge on any atom is -0.393 e. The van der Waals surface area contributed by atoms with Crippen LogP contribution in [0.5, 0.6) is 0 Å². The number of benzene rings is 1. The van der Waals surface area contributed by atoms with Crippen molar-refractivity contribution in [2.24, 2.45) is 11.7 Å². The van der Waals surface area contributed by atoms with E-state index in [4.69, 9.17) is 18.0 Å². The van der Waals surface area contributed by atoms with Crippen molar-refractivity contribution in [2.45, 2.75) is 25.7 Å². The second kappa shape index (κ2) is 10.6. The summed E-state index contributed by atoms with van der Waals surface area (Å²) < 4.78 is 0. The van der Waals surface area contributed by atoms with E-state index in [1.54, 1.807) is 0 Å². The van der Waals surface area contributed by atoms with Gasteiger partial charge in [-0.25, -0.2) is 0 Å². The summed E-state index contributed by atoms with van der Waals surface area (Å²) in [5.41, 5.74) is 6.80. The van der Waals surface area contributed by atoms with Gasteiger partial charge in [-0.3, -0.25) is 4.79 Å². The first kappa shape index (κ1) is 18.0. The molecule has 0 spiro atoms. The third kappa shape index (κ3) is 7.48. The summed E-state index contributed by atoms with van der Waals surface area (Å²) in [5, 5.41) is 2.95. The Morgan fingerprint density at radius 3 is 2.62 bits per heavy atom. The molecule has 1 aromatic rings. The van der Waals surface area contributed by atoms with E-state index in [0.29, 0.717) is 13.0 Å². The summed E-state index contributed by atoms with van der Waals surface area (Å²) >= 11 is 6.90. The van der Waals surface area contributed by atoms with Gasteiger partial charge in [-0.2, -0.15) is 11.8 Å². The molecule has 0 bridgehead atoms. The molecule has 3 N–H and O–H groups in total. The van der Waals surface area contributed by atoms with Crippen LogP contribution in [0.3, 0.4) is 0 Å². The van der Waals surface area contributed by atoms with Crippen molar-refractivity contribution in [3.05, 3.63) is 35.9 Å². The van der Waals surface area contributed by atoms with Crippen LogP contribution in [0.15, 0.2) is 30.3 Å². The predicted octanol–water partition coefficient (Wildman–Crippen LogP) is 2.78. The lowest BCUT2D eigenvalue weighted by Gasteiger charge is -2.15. The highest BCUT2D eigenvalue weighted by Gasteiger charge is 2.21. The number of nitrogens with one attached hydrogen (secondary N) is 1. The van der Waals surface area contributed by atoms with E-state index in [1.165, 1.54) is 12.2 Å². The Bertz CT molecular complexity index is 437. The highest BCUT2D eigenvalue weighted by Crippen LogP contribution is 2.10. The van der Waals surface area contributed by atoms with Gasteiger partial charge in [-0.1, -0.05) is 49.0 Å². The molecule has 5 heteroatoms. The van der Waals surface area contributed by atoms with Crippen molar-refractivity contribution >= 4 is 34.9 Å². The van der Waals surface area contributed by atoms with E-state index in [9.17, 15) is 4.79 Å². The fraction of sp³-hybridized carbons (Fsp3) is 0.500. The monoisotopic (exact) mass is 324 g/mol. The Balaban J connectivity index is 2.38. The van der Waals surface area contributed by atoms with E-state index in [1.807, 2.05) is 42.1 Å². The molecule has 0 aromatic heterocycles. The highest BCUT2D eigenvalue weighted by molar-refractivity contribution is 7.98. The average Bonchev–Trinajstić information content (AvgIpc) is 2.49. The summed E-state index contributed by atoms with van der Waals surface area (Å²) in [5.74, 6) is 0.696. The zero-order valence-corrected chi connectivity index (χ0v) is 14.1. The Morgan fingerprint density at radius 2 is 2.00 bits per heavy atom. The van der Waals surface area contributed by atoms with E-state index in [-0.39, 0.29) is 10.9 Å². The van der Waals surface area contributed by atoms with Gasteiger partial charge in [0.2, 0.25) is 5.91 Å². The number of nitrogens with two attached hydrogens (primary N) is 1. The Labute approximate surface area is 137 Å². The number of hydrogen-bond acceptors (Lipinski definition) is 3. The topological polar surface area (TPSA) is 55.1 Å². The SMILES string of the molecule is CSCCCCCNC(=O)C(Cc1ccccc1)C(N)=S. The molecule has 3 nitrogen and oxygen atoms in total. The third-order valence-electron chi connectivity index (χ3n) is 3.27. The first-order valence-electron chi connectivity index (χ1n) is 7.25. The van der Waals surface area contributed by atoms with Gasteiger partial charge in [0.1, 0.15) is 0 Å². The standard InChI is InChI=1S/C16H24N2OS2/c1-21-11-7-3-6-10-18-16(19)14(15(17)20)12-13-8-4-2-5-9-13/h2,4-5,8-9,14H,3,6-7,10-12H2,1H3,(H2,17,20)(H,18,19). The molecule has 0 fully saturated rings. The van der Waals surface area contributed by atoms with Gasteiger partial charge in [0.05, 0.1) is 10.9 Å². The molecule has 0 aliphatic rings. The van der Waals surface area contributed by atoms with Crippen LogP contribution in [0.2, 0.25) is 0 Å². The number of rotatable bonds is 10. The van der Waals surface area contributed by atoms with Gasteiger partial charge in [0.25, 0.3) is 0 Å². The van der Waals surface area contributed by atoms with E-state index >= 15 is 0 Å². The molecule has 1 amide bonds. The van der Waals surface area contributed by atoms with Gasteiger partial charge >= 0.3 is 0 Å². The van der Waals surface area contributed by atoms with Crippen LogP contribution in [0.1, 0.15) is 24.8 Å². The van der Waals surface area contributed by atoms with Crippen molar-refractivity contribution in [3.63, 3.8) is 0 Å². The molecule has 1 aromatic carbocycles. The first-order chi connectivity index (χ1) is 10.1. The van der Waals surface area contributed by atoms with Crippen molar-refractivity contribution in [1.82, 2.24) is 5.32 Å². The molecule has 0 radical (unpaired) electrons. The van der Waals surface area contributed by atoms with Crippen molar-refractivity contribution in [3.8, 4) is 0 Å². The van der Waals surface area contributed by atoms with Crippen LogP contribution in [0.25, 0.3) is 0 Å². The van der Waals surface area contributed by atoms with Crippen molar-refractivity contribution in [1.29, 1.82) is 0 Å². The molecule has 116 valence electrons. The summed E-state index contributed by atoms with van der Waals surface area (Å²) in [6.07, 6.45) is 6.01. The summed E-state index contributed by atoms with van der Waals surface area (Å²) in [4.78, 5) is 12.5. The Morgan fingerprint density at radius 1 is 1.29 bits per heavy atom. The van der Waals surface area contributed by atoms with E-state index in [0.717, 1.165) is 18.4 Å². The molecule has 1 rings (SSSR count). The molecule has 1 atom stereocenters. The normalized spacial score (nSPS) is 11.9. The zero-order valence-electron chi connectivity index (χ0n) is 12.5. The number of carbonyl (C=O) groups is 1. The lowest BCUT2D eigenvalue weighted by atomic mass is 9.98. The number of thioether (sulfide) groups is 1. The van der Waals surface area contributed by atoms with Gasteiger partial charge in [0.15, 0.2) is 0 Å². The van der Waals surface area contributed by atoms with E-state index < -0.39 is 5.92 Å². The third-order valence-corrected chi connectivity index (χ3v) is 4.25. The van der Waals surface area contributed by atoms with Crippen LogP contribution in [0, 0.1) is 5.92 Å². The highest BCUT2D eigenvalue weighted by atomic mass is 32.2. The molecule has 0 saturated carbocycles. The summed E-state index contributed by atoms with van der Waals surface area (Å²) in [6, 6.07) is 9.83. The van der Waals surface area contributed by atoms with E-state index in [2.05, 4.69) is 11.6 Å². The molecule has 0 aliphatic carbocycles. The lowest BCUT2D eigenvalue weighted by molar-refractivity contribution is -0.122. The molecule has 21 heavy (non-hydrogen) atoms. The van der Waals surface area contributed by atoms with Crippen molar-refractivity contribution < 1.29 is 4.79 Å². The Hall–Kier alpha value is -1.07. The zero-order chi connectivity index (χ0) is 15.5. The summed E-state index contributed by atoms with van der Waals surface area (Å²) in [6.45, 7) is 0.696. The number of unbranched alkanes of at least 4 members (excludes halogenated alkanes) is 2. The molecule has 1 unspecified atom stereocenters. The minimum atomic E-state index is -0.423. The molecular formula is C16H24N2OS2. The predicted molar refractivity (Wildman–Crippen MR) is 95.7 cm³/mol. The molecule has 0 heterocycles. The van der Waals surface area contributed by atoms with Crippen LogP contribution < -0.4 is 11.1 Å². The van der Waals surface area contributed by atoms with Crippen LogP contribution >= 0.6 is 24.0 Å². The number of amides is 1. The van der Waals surface area contributed by atoms with Gasteiger partial charge in [-0.15, -0.1) is 0 Å². The Kier molecular flexibility index (Phi) is 9.10. The molecule has 0 aliphatic heterocycles. The first-order valence-corrected chi connectivity index (χ1v) is 9.05. The quantitative estimate of drug-likeness (QED) is 0.513.